The summed E-state index contributed by atoms with van der Waals surface area (Å²) in [4.78, 5) is 0. The van der Waals surface area contributed by atoms with E-state index in [4.69, 9.17) is 15.2 Å². The van der Waals surface area contributed by atoms with Gasteiger partial charge in [-0.05, 0) is 13.8 Å². The van der Waals surface area contributed by atoms with Crippen molar-refractivity contribution < 1.29 is 18.3 Å². The number of methoxy groups -OCH3 is 2. The van der Waals surface area contributed by atoms with Crippen LogP contribution in [0.25, 0.3) is 0 Å². The molecule has 2 N–H and O–H groups in total. The number of halogens is 2. The second-order valence-electron chi connectivity index (χ2n) is 4.00. The zero-order valence-electron chi connectivity index (χ0n) is 9.73. The first-order valence-electron chi connectivity index (χ1n) is 4.72. The highest BCUT2D eigenvalue weighted by Gasteiger charge is 2.29. The molecule has 0 spiro atoms. The summed E-state index contributed by atoms with van der Waals surface area (Å²) < 4.78 is 36.8. The Morgan fingerprint density at radius 1 is 1.06 bits per heavy atom. The van der Waals surface area contributed by atoms with Crippen molar-refractivity contribution >= 4 is 0 Å². The van der Waals surface area contributed by atoms with Crippen molar-refractivity contribution in [3.8, 4) is 11.5 Å². The Bertz CT molecular complexity index is 400. The van der Waals surface area contributed by atoms with Crippen LogP contribution in [0.4, 0.5) is 8.78 Å². The molecule has 16 heavy (non-hydrogen) atoms. The van der Waals surface area contributed by atoms with E-state index in [-0.39, 0.29) is 17.1 Å². The Kier molecular flexibility index (Phi) is 3.38. The second kappa shape index (κ2) is 4.25. The molecule has 1 aromatic carbocycles. The van der Waals surface area contributed by atoms with Crippen LogP contribution in [0.15, 0.2) is 6.07 Å². The van der Waals surface area contributed by atoms with Gasteiger partial charge < -0.3 is 15.2 Å². The van der Waals surface area contributed by atoms with Crippen molar-refractivity contribution in [1.29, 1.82) is 0 Å². The molecule has 0 aromatic heterocycles. The number of rotatable bonds is 3. The predicted molar refractivity (Wildman–Crippen MR) is 56.7 cm³/mol. The summed E-state index contributed by atoms with van der Waals surface area (Å²) in [5.41, 5.74) is 4.91. The van der Waals surface area contributed by atoms with Crippen LogP contribution in [0.1, 0.15) is 19.4 Å². The van der Waals surface area contributed by atoms with Gasteiger partial charge in [0, 0.05) is 11.6 Å². The minimum Gasteiger partial charge on any atom is -0.492 e. The summed E-state index contributed by atoms with van der Waals surface area (Å²) in [7, 11) is 2.60. The minimum atomic E-state index is -0.990. The van der Waals surface area contributed by atoms with Crippen molar-refractivity contribution in [2.75, 3.05) is 14.2 Å². The van der Waals surface area contributed by atoms with Gasteiger partial charge in [-0.15, -0.1) is 0 Å². The lowest BCUT2D eigenvalue weighted by molar-refractivity contribution is 0.321. The van der Waals surface area contributed by atoms with E-state index in [0.29, 0.717) is 0 Å². The number of hydrogen-bond donors (Lipinski definition) is 1. The van der Waals surface area contributed by atoms with Crippen molar-refractivity contribution in [3.63, 3.8) is 0 Å². The van der Waals surface area contributed by atoms with Crippen LogP contribution in [0.5, 0.6) is 11.5 Å². The quantitative estimate of drug-likeness (QED) is 0.867. The Morgan fingerprint density at radius 2 is 1.56 bits per heavy atom. The van der Waals surface area contributed by atoms with Crippen LogP contribution < -0.4 is 15.2 Å². The monoisotopic (exact) mass is 231 g/mol. The standard InChI is InChI=1S/C11H15F2NO2/c1-11(2,14)8-6(12)5-7(13)9(15-3)10(8)16-4/h5H,14H2,1-4H3. The van der Waals surface area contributed by atoms with Crippen LogP contribution in [-0.2, 0) is 5.54 Å². The molecular weight excluding hydrogens is 216 g/mol. The normalized spacial score (nSPS) is 11.4. The summed E-state index contributed by atoms with van der Waals surface area (Å²) in [5, 5.41) is 0. The molecule has 0 atom stereocenters. The Labute approximate surface area is 93.2 Å². The smallest absolute Gasteiger partial charge is 0.197 e. The third kappa shape index (κ3) is 2.09. The molecule has 0 aliphatic carbocycles. The highest BCUT2D eigenvalue weighted by Crippen LogP contribution is 2.40. The summed E-state index contributed by atoms with van der Waals surface area (Å²) in [6, 6.07) is 0.741. The molecule has 0 fully saturated rings. The van der Waals surface area contributed by atoms with E-state index < -0.39 is 17.2 Å². The number of nitrogens with two attached hydrogens (primary N) is 1. The Hall–Kier alpha value is -1.36. The molecule has 90 valence electrons. The van der Waals surface area contributed by atoms with Gasteiger partial charge in [0.05, 0.1) is 19.8 Å². The molecule has 0 radical (unpaired) electrons. The lowest BCUT2D eigenvalue weighted by Gasteiger charge is -2.24. The van der Waals surface area contributed by atoms with E-state index in [1.54, 1.807) is 13.8 Å². The van der Waals surface area contributed by atoms with E-state index in [1.807, 2.05) is 0 Å². The van der Waals surface area contributed by atoms with Crippen molar-refractivity contribution in [2.24, 2.45) is 5.73 Å². The van der Waals surface area contributed by atoms with Crippen LogP contribution in [0.2, 0.25) is 0 Å². The lowest BCUT2D eigenvalue weighted by atomic mass is 9.93. The third-order valence-corrected chi connectivity index (χ3v) is 2.20. The first kappa shape index (κ1) is 12.7. The average Bonchev–Trinajstić information content (AvgIpc) is 2.14. The first-order valence-corrected chi connectivity index (χ1v) is 4.72. The Balaban J connectivity index is 3.59. The van der Waals surface area contributed by atoms with Crippen LogP contribution in [-0.4, -0.2) is 14.2 Å². The Morgan fingerprint density at radius 3 is 1.94 bits per heavy atom. The SMILES string of the molecule is COc1c(F)cc(F)c(C(C)(C)N)c1OC. The molecule has 5 heteroatoms. The maximum atomic E-state index is 13.7. The summed E-state index contributed by atoms with van der Waals surface area (Å²) in [6.45, 7) is 3.20. The second-order valence-corrected chi connectivity index (χ2v) is 4.00. The highest BCUT2D eigenvalue weighted by atomic mass is 19.1. The molecule has 0 heterocycles. The highest BCUT2D eigenvalue weighted by molar-refractivity contribution is 5.51. The summed E-state index contributed by atoms with van der Waals surface area (Å²) in [6.07, 6.45) is 0. The molecule has 0 saturated heterocycles. The molecule has 0 unspecified atom stereocenters. The molecule has 1 aromatic rings. The molecule has 3 nitrogen and oxygen atoms in total. The fourth-order valence-electron chi connectivity index (χ4n) is 1.56. The number of benzene rings is 1. The van der Waals surface area contributed by atoms with Gasteiger partial charge in [0.1, 0.15) is 5.82 Å². The molecule has 0 bridgehead atoms. The van der Waals surface area contributed by atoms with Crippen LogP contribution in [0.3, 0.4) is 0 Å². The zero-order valence-corrected chi connectivity index (χ0v) is 9.73. The fraction of sp³-hybridized carbons (Fsp3) is 0.455. The third-order valence-electron chi connectivity index (χ3n) is 2.20. The lowest BCUT2D eigenvalue weighted by Crippen LogP contribution is -2.30. The van der Waals surface area contributed by atoms with E-state index >= 15 is 0 Å². The molecule has 0 aliphatic heterocycles. The minimum absolute atomic E-state index is 0.00694. The van der Waals surface area contributed by atoms with Crippen molar-refractivity contribution in [3.05, 3.63) is 23.3 Å². The van der Waals surface area contributed by atoms with Gasteiger partial charge >= 0.3 is 0 Å². The maximum absolute atomic E-state index is 13.7. The van der Waals surface area contributed by atoms with Gasteiger partial charge in [0.25, 0.3) is 0 Å². The zero-order chi connectivity index (χ0) is 12.5. The van der Waals surface area contributed by atoms with E-state index in [0.717, 1.165) is 6.07 Å². The topological polar surface area (TPSA) is 44.5 Å². The number of hydrogen-bond acceptors (Lipinski definition) is 3. The first-order chi connectivity index (χ1) is 7.32. The van der Waals surface area contributed by atoms with Crippen molar-refractivity contribution in [2.45, 2.75) is 19.4 Å². The largest absolute Gasteiger partial charge is 0.492 e. The van der Waals surface area contributed by atoms with Crippen molar-refractivity contribution in [1.82, 2.24) is 0 Å². The molecule has 0 aliphatic rings. The average molecular weight is 231 g/mol. The van der Waals surface area contributed by atoms with Gasteiger partial charge in [-0.25, -0.2) is 8.78 Å². The summed E-state index contributed by atoms with van der Waals surface area (Å²) in [5.74, 6) is -1.71. The van der Waals surface area contributed by atoms with E-state index in [2.05, 4.69) is 0 Å². The molecule has 1 rings (SSSR count). The summed E-state index contributed by atoms with van der Waals surface area (Å²) >= 11 is 0. The van der Waals surface area contributed by atoms with Crippen LogP contribution >= 0.6 is 0 Å². The maximum Gasteiger partial charge on any atom is 0.197 e. The molecule has 0 amide bonds. The van der Waals surface area contributed by atoms with Gasteiger partial charge in [-0.1, -0.05) is 0 Å². The van der Waals surface area contributed by atoms with Gasteiger partial charge in [0.2, 0.25) is 0 Å². The molecule has 0 saturated carbocycles. The van der Waals surface area contributed by atoms with E-state index in [9.17, 15) is 8.78 Å². The fourth-order valence-corrected chi connectivity index (χ4v) is 1.56. The van der Waals surface area contributed by atoms with Gasteiger partial charge in [-0.2, -0.15) is 0 Å². The van der Waals surface area contributed by atoms with Crippen LogP contribution in [0, 0.1) is 11.6 Å². The molecular formula is C11H15F2NO2. The van der Waals surface area contributed by atoms with E-state index in [1.165, 1.54) is 14.2 Å². The number of ether oxygens (including phenoxy) is 2. The van der Waals surface area contributed by atoms with Gasteiger partial charge in [0.15, 0.2) is 17.3 Å². The predicted octanol–water partition coefficient (Wildman–Crippen LogP) is 2.18. The van der Waals surface area contributed by atoms with Gasteiger partial charge in [-0.3, -0.25) is 0 Å².